The fraction of sp³-hybridized carbons (Fsp3) is 0.150. The molecule has 1 heterocycles. The zero-order valence-electron chi connectivity index (χ0n) is 15.4. The number of hydrogen-bond acceptors (Lipinski definition) is 6. The zero-order valence-corrected chi connectivity index (χ0v) is 16.2. The molecule has 1 aromatic heterocycles. The van der Waals surface area contributed by atoms with Gasteiger partial charge in [-0.2, -0.15) is 0 Å². The highest BCUT2D eigenvalue weighted by atomic mass is 32.2. The van der Waals surface area contributed by atoms with Crippen LogP contribution in [0.4, 0.5) is 5.69 Å². The highest BCUT2D eigenvalue weighted by Gasteiger charge is 2.10. The second kappa shape index (κ2) is 9.09. The third-order valence-electron chi connectivity index (χ3n) is 3.87. The lowest BCUT2D eigenvalue weighted by molar-refractivity contribution is -0.113. The maximum atomic E-state index is 12.7. The number of hydrogen-bond donors (Lipinski definition) is 1. The number of rotatable bonds is 7. The Morgan fingerprint density at radius 3 is 2.25 bits per heavy atom. The predicted octanol–water partition coefficient (Wildman–Crippen LogP) is 2.98. The molecule has 1 N–H and O–H groups in total. The lowest BCUT2D eigenvalue weighted by Crippen LogP contribution is -2.22. The fourth-order valence-electron chi connectivity index (χ4n) is 2.44. The number of nitrogens with one attached hydrogen (secondary N) is 1. The molecular formula is C20H19N3O4S. The van der Waals surface area contributed by atoms with Crippen molar-refractivity contribution in [1.29, 1.82) is 0 Å². The molecule has 0 fully saturated rings. The summed E-state index contributed by atoms with van der Waals surface area (Å²) in [7, 11) is 3.16. The van der Waals surface area contributed by atoms with Crippen molar-refractivity contribution >= 4 is 23.4 Å². The van der Waals surface area contributed by atoms with Crippen molar-refractivity contribution in [1.82, 2.24) is 9.55 Å². The monoisotopic (exact) mass is 397 g/mol. The van der Waals surface area contributed by atoms with Crippen molar-refractivity contribution in [2.75, 3.05) is 25.3 Å². The Bertz CT molecular complexity index is 1000. The quantitative estimate of drug-likeness (QED) is 0.617. The molecule has 0 aliphatic rings. The first-order chi connectivity index (χ1) is 13.6. The van der Waals surface area contributed by atoms with Crippen molar-refractivity contribution in [3.8, 4) is 17.2 Å². The van der Waals surface area contributed by atoms with Gasteiger partial charge in [-0.05, 0) is 48.5 Å². The number of carbonyl (C=O) groups excluding carboxylic acids is 1. The van der Waals surface area contributed by atoms with E-state index in [1.54, 1.807) is 68.9 Å². The topological polar surface area (TPSA) is 82.4 Å². The highest BCUT2D eigenvalue weighted by Crippen LogP contribution is 2.17. The van der Waals surface area contributed by atoms with E-state index in [2.05, 4.69) is 10.3 Å². The fourth-order valence-corrected chi connectivity index (χ4v) is 3.14. The molecule has 144 valence electrons. The molecule has 0 aliphatic carbocycles. The van der Waals surface area contributed by atoms with Gasteiger partial charge in [0, 0.05) is 23.8 Å². The number of carbonyl (C=O) groups is 1. The molecule has 0 spiro atoms. The largest absolute Gasteiger partial charge is 0.497 e. The van der Waals surface area contributed by atoms with Gasteiger partial charge in [0.2, 0.25) is 5.91 Å². The molecular weight excluding hydrogens is 378 g/mol. The van der Waals surface area contributed by atoms with Crippen molar-refractivity contribution in [3.05, 3.63) is 71.3 Å². The minimum Gasteiger partial charge on any atom is -0.497 e. The van der Waals surface area contributed by atoms with Gasteiger partial charge in [-0.1, -0.05) is 11.8 Å². The molecule has 1 amide bonds. The van der Waals surface area contributed by atoms with E-state index in [4.69, 9.17) is 9.47 Å². The van der Waals surface area contributed by atoms with Gasteiger partial charge in [0.15, 0.2) is 5.03 Å². The van der Waals surface area contributed by atoms with E-state index in [0.717, 1.165) is 11.8 Å². The van der Waals surface area contributed by atoms with Crippen LogP contribution in [-0.4, -0.2) is 35.4 Å². The summed E-state index contributed by atoms with van der Waals surface area (Å²) in [6.07, 6.45) is 3.13. The van der Waals surface area contributed by atoms with Gasteiger partial charge in [0.05, 0.1) is 20.0 Å². The molecule has 8 heteroatoms. The average Bonchev–Trinajstić information content (AvgIpc) is 2.74. The Kier molecular flexibility index (Phi) is 6.33. The minimum atomic E-state index is -0.282. The molecule has 3 aromatic rings. The summed E-state index contributed by atoms with van der Waals surface area (Å²) >= 11 is 1.09. The molecule has 0 aliphatic heterocycles. The van der Waals surface area contributed by atoms with Crippen LogP contribution in [0.5, 0.6) is 11.5 Å². The van der Waals surface area contributed by atoms with Crippen LogP contribution in [-0.2, 0) is 4.79 Å². The van der Waals surface area contributed by atoms with Crippen LogP contribution >= 0.6 is 11.8 Å². The minimum absolute atomic E-state index is 0.0703. The number of benzene rings is 2. The van der Waals surface area contributed by atoms with Crippen molar-refractivity contribution in [2.24, 2.45) is 0 Å². The molecule has 0 unspecified atom stereocenters. The van der Waals surface area contributed by atoms with Crippen molar-refractivity contribution in [3.63, 3.8) is 0 Å². The lowest BCUT2D eigenvalue weighted by Gasteiger charge is -2.09. The summed E-state index contributed by atoms with van der Waals surface area (Å²) in [6.45, 7) is 0. The van der Waals surface area contributed by atoms with E-state index in [9.17, 15) is 9.59 Å². The summed E-state index contributed by atoms with van der Waals surface area (Å²) in [4.78, 5) is 28.9. The lowest BCUT2D eigenvalue weighted by atomic mass is 10.3. The Morgan fingerprint density at radius 1 is 1.04 bits per heavy atom. The van der Waals surface area contributed by atoms with E-state index in [0.29, 0.717) is 22.9 Å². The first-order valence-electron chi connectivity index (χ1n) is 8.39. The Hall–Kier alpha value is -3.26. The molecule has 0 radical (unpaired) electrons. The van der Waals surface area contributed by atoms with Crippen LogP contribution in [0.2, 0.25) is 0 Å². The van der Waals surface area contributed by atoms with E-state index in [-0.39, 0.29) is 22.2 Å². The molecule has 0 saturated heterocycles. The van der Waals surface area contributed by atoms with E-state index in [1.165, 1.54) is 10.8 Å². The standard InChI is InChI=1S/C20H19N3O4S/c1-26-16-7-3-14(4-8-16)22-18(24)13-28-19-20(25)23(12-11-21-19)15-5-9-17(27-2)10-6-15/h3-12H,13H2,1-2H3,(H,22,24). The Morgan fingerprint density at radius 2 is 1.64 bits per heavy atom. The summed E-state index contributed by atoms with van der Waals surface area (Å²) in [5.41, 5.74) is 1.07. The number of methoxy groups -OCH3 is 2. The third kappa shape index (κ3) is 4.72. The summed E-state index contributed by atoms with van der Waals surface area (Å²) in [5.74, 6) is 1.26. The van der Waals surface area contributed by atoms with E-state index in [1.807, 2.05) is 0 Å². The third-order valence-corrected chi connectivity index (χ3v) is 4.83. The number of ether oxygens (including phenoxy) is 2. The number of anilines is 1. The van der Waals surface area contributed by atoms with Gasteiger partial charge in [0.1, 0.15) is 11.5 Å². The SMILES string of the molecule is COc1ccc(NC(=O)CSc2nccn(-c3ccc(OC)cc3)c2=O)cc1. The van der Waals surface area contributed by atoms with Crippen LogP contribution in [0.1, 0.15) is 0 Å². The van der Waals surface area contributed by atoms with Crippen LogP contribution in [0.3, 0.4) is 0 Å². The van der Waals surface area contributed by atoms with Crippen LogP contribution in [0, 0.1) is 0 Å². The van der Waals surface area contributed by atoms with Crippen molar-refractivity contribution in [2.45, 2.75) is 5.03 Å². The maximum Gasteiger partial charge on any atom is 0.287 e. The highest BCUT2D eigenvalue weighted by molar-refractivity contribution is 7.99. The predicted molar refractivity (Wildman–Crippen MR) is 109 cm³/mol. The summed E-state index contributed by atoms with van der Waals surface area (Å²) in [6, 6.07) is 14.1. The van der Waals surface area contributed by atoms with Crippen LogP contribution in [0.15, 0.2) is 70.7 Å². The van der Waals surface area contributed by atoms with Gasteiger partial charge < -0.3 is 14.8 Å². The van der Waals surface area contributed by atoms with E-state index >= 15 is 0 Å². The number of amides is 1. The number of nitrogens with zero attached hydrogens (tertiary/aromatic N) is 2. The Labute approximate surface area is 166 Å². The van der Waals surface area contributed by atoms with Crippen molar-refractivity contribution < 1.29 is 14.3 Å². The van der Waals surface area contributed by atoms with Gasteiger partial charge in [-0.3, -0.25) is 14.2 Å². The van der Waals surface area contributed by atoms with Gasteiger partial charge in [0.25, 0.3) is 5.56 Å². The maximum absolute atomic E-state index is 12.7. The van der Waals surface area contributed by atoms with Crippen LogP contribution < -0.4 is 20.3 Å². The Balaban J connectivity index is 1.67. The summed E-state index contributed by atoms with van der Waals surface area (Å²) < 4.78 is 11.7. The first kappa shape index (κ1) is 19.5. The first-order valence-corrected chi connectivity index (χ1v) is 9.38. The molecule has 0 saturated carbocycles. The molecule has 0 bridgehead atoms. The summed E-state index contributed by atoms with van der Waals surface area (Å²) in [5, 5.41) is 3.03. The molecule has 7 nitrogen and oxygen atoms in total. The smallest absolute Gasteiger partial charge is 0.287 e. The van der Waals surface area contributed by atoms with Crippen LogP contribution in [0.25, 0.3) is 5.69 Å². The normalized spacial score (nSPS) is 10.4. The molecule has 2 aromatic carbocycles. The average molecular weight is 397 g/mol. The zero-order chi connectivity index (χ0) is 19.9. The van der Waals surface area contributed by atoms with Gasteiger partial charge in [-0.15, -0.1) is 0 Å². The second-order valence-electron chi connectivity index (χ2n) is 5.67. The molecule has 28 heavy (non-hydrogen) atoms. The molecule has 0 atom stereocenters. The van der Waals surface area contributed by atoms with Gasteiger partial charge in [-0.25, -0.2) is 4.98 Å². The van der Waals surface area contributed by atoms with Gasteiger partial charge >= 0.3 is 0 Å². The van der Waals surface area contributed by atoms with E-state index < -0.39 is 0 Å². The number of aromatic nitrogens is 2. The number of thioether (sulfide) groups is 1. The second-order valence-corrected chi connectivity index (χ2v) is 6.63. The molecule has 3 rings (SSSR count).